The van der Waals surface area contributed by atoms with Crippen LogP contribution in [0.25, 0.3) is 0 Å². The Kier molecular flexibility index (Phi) is 8.60. The smallest absolute Gasteiger partial charge is 0.246 e. The summed E-state index contributed by atoms with van der Waals surface area (Å²) >= 11 is 0. The van der Waals surface area contributed by atoms with Crippen LogP contribution in [-0.4, -0.2) is 31.0 Å². The lowest BCUT2D eigenvalue weighted by atomic mass is 10.2. The first-order valence-electron chi connectivity index (χ1n) is 7.42. The molecule has 1 aromatic rings. The van der Waals surface area contributed by atoms with Gasteiger partial charge in [0, 0.05) is 18.3 Å². The van der Waals surface area contributed by atoms with Crippen molar-refractivity contribution in [2.75, 3.05) is 18.4 Å². The number of guanidine groups is 1. The number of amides is 1. The number of halogens is 2. The standard InChI is InChI=1S/C16H21FN4O.HI/c1-2-18-16(21-13-5-3-4-6-13)19-11-15(22)20-14-9-7-12(17)8-10-14;/h3-4,7-10,13H,2,5-6,11H2,1H3,(H,20,22)(H2,18,19,21);1H. The molecule has 0 aliphatic heterocycles. The van der Waals surface area contributed by atoms with Crippen LogP contribution >= 0.6 is 24.0 Å². The average Bonchev–Trinajstić information content (AvgIpc) is 3.00. The summed E-state index contributed by atoms with van der Waals surface area (Å²) in [4.78, 5) is 16.1. The predicted octanol–water partition coefficient (Wildman–Crippen LogP) is 2.66. The molecular formula is C16H22FIN4O. The molecule has 0 unspecified atom stereocenters. The van der Waals surface area contributed by atoms with E-state index in [2.05, 4.69) is 33.1 Å². The van der Waals surface area contributed by atoms with Crippen LogP contribution in [0.4, 0.5) is 10.1 Å². The second kappa shape index (κ2) is 10.2. The summed E-state index contributed by atoms with van der Waals surface area (Å²) in [5.74, 6) is 0.0543. The molecule has 1 amide bonds. The van der Waals surface area contributed by atoms with E-state index in [1.165, 1.54) is 24.3 Å². The van der Waals surface area contributed by atoms with Crippen LogP contribution in [0, 0.1) is 5.82 Å². The summed E-state index contributed by atoms with van der Waals surface area (Å²) < 4.78 is 12.8. The van der Waals surface area contributed by atoms with Crippen LogP contribution in [0.2, 0.25) is 0 Å². The van der Waals surface area contributed by atoms with Gasteiger partial charge in [0.2, 0.25) is 5.91 Å². The van der Waals surface area contributed by atoms with E-state index in [1.807, 2.05) is 6.92 Å². The van der Waals surface area contributed by atoms with E-state index in [1.54, 1.807) is 0 Å². The zero-order valence-electron chi connectivity index (χ0n) is 13.0. The molecule has 1 aromatic carbocycles. The van der Waals surface area contributed by atoms with Crippen molar-refractivity contribution < 1.29 is 9.18 Å². The van der Waals surface area contributed by atoms with Crippen LogP contribution in [-0.2, 0) is 4.79 Å². The molecule has 3 N–H and O–H groups in total. The van der Waals surface area contributed by atoms with Crippen molar-refractivity contribution in [1.82, 2.24) is 10.6 Å². The number of nitrogens with zero attached hydrogens (tertiary/aromatic N) is 1. The monoisotopic (exact) mass is 432 g/mol. The van der Waals surface area contributed by atoms with E-state index in [4.69, 9.17) is 0 Å². The predicted molar refractivity (Wildman–Crippen MR) is 102 cm³/mol. The van der Waals surface area contributed by atoms with E-state index in [0.29, 0.717) is 17.7 Å². The van der Waals surface area contributed by atoms with Gasteiger partial charge >= 0.3 is 0 Å². The summed E-state index contributed by atoms with van der Waals surface area (Å²) in [6.07, 6.45) is 6.18. The van der Waals surface area contributed by atoms with Crippen LogP contribution in [0.15, 0.2) is 41.4 Å². The Bertz CT molecular complexity index is 552. The van der Waals surface area contributed by atoms with Gasteiger partial charge in [-0.15, -0.1) is 24.0 Å². The first kappa shape index (κ1) is 19.4. The number of benzene rings is 1. The number of hydrogen-bond donors (Lipinski definition) is 3. The van der Waals surface area contributed by atoms with Crippen molar-refractivity contribution >= 4 is 41.5 Å². The second-order valence-electron chi connectivity index (χ2n) is 5.03. The Morgan fingerprint density at radius 2 is 1.91 bits per heavy atom. The van der Waals surface area contributed by atoms with Crippen LogP contribution < -0.4 is 16.0 Å². The van der Waals surface area contributed by atoms with Gasteiger partial charge in [0.1, 0.15) is 12.4 Å². The molecule has 0 atom stereocenters. The largest absolute Gasteiger partial charge is 0.357 e. The SMILES string of the molecule is CCNC(=NCC(=O)Nc1ccc(F)cc1)NC1CC=CC1.I. The molecule has 126 valence electrons. The highest BCUT2D eigenvalue weighted by Gasteiger charge is 2.12. The summed E-state index contributed by atoms with van der Waals surface area (Å²) in [5, 5.41) is 9.09. The van der Waals surface area contributed by atoms with Gasteiger partial charge in [-0.05, 0) is 44.0 Å². The third-order valence-corrected chi connectivity index (χ3v) is 3.20. The Labute approximate surface area is 152 Å². The van der Waals surface area contributed by atoms with Gasteiger partial charge in [-0.25, -0.2) is 9.38 Å². The fourth-order valence-corrected chi connectivity index (χ4v) is 2.13. The van der Waals surface area contributed by atoms with Gasteiger partial charge in [0.15, 0.2) is 5.96 Å². The molecule has 1 aliphatic carbocycles. The molecule has 5 nitrogen and oxygen atoms in total. The molecule has 0 aromatic heterocycles. The van der Waals surface area contributed by atoms with Gasteiger partial charge < -0.3 is 16.0 Å². The lowest BCUT2D eigenvalue weighted by molar-refractivity contribution is -0.114. The molecule has 23 heavy (non-hydrogen) atoms. The fourth-order valence-electron chi connectivity index (χ4n) is 2.13. The number of anilines is 1. The Hall–Kier alpha value is -1.64. The molecule has 0 heterocycles. The van der Waals surface area contributed by atoms with Crippen molar-refractivity contribution in [3.05, 3.63) is 42.2 Å². The maximum absolute atomic E-state index is 12.8. The van der Waals surface area contributed by atoms with E-state index in [0.717, 1.165) is 19.4 Å². The molecule has 7 heteroatoms. The highest BCUT2D eigenvalue weighted by Crippen LogP contribution is 2.09. The highest BCUT2D eigenvalue weighted by atomic mass is 127. The van der Waals surface area contributed by atoms with E-state index in [-0.39, 0.29) is 42.2 Å². The minimum absolute atomic E-state index is 0. The number of hydrogen-bond acceptors (Lipinski definition) is 2. The minimum Gasteiger partial charge on any atom is -0.357 e. The van der Waals surface area contributed by atoms with Crippen molar-refractivity contribution in [3.63, 3.8) is 0 Å². The van der Waals surface area contributed by atoms with Gasteiger partial charge in [0.25, 0.3) is 0 Å². The van der Waals surface area contributed by atoms with E-state index >= 15 is 0 Å². The summed E-state index contributed by atoms with van der Waals surface area (Å²) in [6, 6.07) is 5.97. The normalized spacial score (nSPS) is 14.3. The minimum atomic E-state index is -0.333. The van der Waals surface area contributed by atoms with Crippen molar-refractivity contribution in [3.8, 4) is 0 Å². The van der Waals surface area contributed by atoms with Crippen LogP contribution in [0.1, 0.15) is 19.8 Å². The molecule has 1 aliphatic rings. The average molecular weight is 432 g/mol. The number of rotatable bonds is 5. The maximum Gasteiger partial charge on any atom is 0.246 e. The quantitative estimate of drug-likeness (QED) is 0.290. The Balaban J connectivity index is 0.00000264. The zero-order valence-corrected chi connectivity index (χ0v) is 15.3. The third-order valence-electron chi connectivity index (χ3n) is 3.20. The third kappa shape index (κ3) is 6.98. The van der Waals surface area contributed by atoms with Gasteiger partial charge in [0.05, 0.1) is 0 Å². The molecule has 2 rings (SSSR count). The summed E-state index contributed by atoms with van der Waals surface area (Å²) in [5.41, 5.74) is 0.555. The first-order chi connectivity index (χ1) is 10.7. The zero-order chi connectivity index (χ0) is 15.8. The second-order valence-corrected chi connectivity index (χ2v) is 5.03. The van der Waals surface area contributed by atoms with Crippen molar-refractivity contribution in [2.24, 2.45) is 4.99 Å². The molecule has 0 bridgehead atoms. The molecule has 0 spiro atoms. The molecule has 0 saturated heterocycles. The van der Waals surface area contributed by atoms with Gasteiger partial charge in [-0.3, -0.25) is 4.79 Å². The van der Waals surface area contributed by atoms with Crippen molar-refractivity contribution in [2.45, 2.75) is 25.8 Å². The molecular weight excluding hydrogens is 410 g/mol. The van der Waals surface area contributed by atoms with Gasteiger partial charge in [-0.1, -0.05) is 12.2 Å². The highest BCUT2D eigenvalue weighted by molar-refractivity contribution is 14.0. The summed E-state index contributed by atoms with van der Waals surface area (Å²) in [6.45, 7) is 2.71. The topological polar surface area (TPSA) is 65.5 Å². The molecule has 0 fully saturated rings. The van der Waals surface area contributed by atoms with Gasteiger partial charge in [-0.2, -0.15) is 0 Å². The first-order valence-corrected chi connectivity index (χ1v) is 7.42. The summed E-state index contributed by atoms with van der Waals surface area (Å²) in [7, 11) is 0. The number of carbonyl (C=O) groups excluding carboxylic acids is 1. The number of aliphatic imine (C=N–C) groups is 1. The Morgan fingerprint density at radius 1 is 1.26 bits per heavy atom. The van der Waals surface area contributed by atoms with Crippen molar-refractivity contribution in [1.29, 1.82) is 0 Å². The molecule has 0 radical (unpaired) electrons. The number of carbonyl (C=O) groups is 1. The lowest BCUT2D eigenvalue weighted by Gasteiger charge is -2.16. The van der Waals surface area contributed by atoms with E-state index in [9.17, 15) is 9.18 Å². The maximum atomic E-state index is 12.8. The fraction of sp³-hybridized carbons (Fsp3) is 0.375. The van der Waals surface area contributed by atoms with E-state index < -0.39 is 0 Å². The molecule has 0 saturated carbocycles. The van der Waals surface area contributed by atoms with Crippen LogP contribution in [0.5, 0.6) is 0 Å². The lowest BCUT2D eigenvalue weighted by Crippen LogP contribution is -2.42. The van der Waals surface area contributed by atoms with Crippen LogP contribution in [0.3, 0.4) is 0 Å². The Morgan fingerprint density at radius 3 is 2.52 bits per heavy atom. The number of nitrogens with one attached hydrogen (secondary N) is 3.